The quantitative estimate of drug-likeness (QED) is 0.889. The topological polar surface area (TPSA) is 23.5 Å². The van der Waals surface area contributed by atoms with Gasteiger partial charge in [-0.2, -0.15) is 0 Å². The lowest BCUT2D eigenvalue weighted by Gasteiger charge is -2.31. The van der Waals surface area contributed by atoms with E-state index in [4.69, 9.17) is 0 Å². The van der Waals surface area contributed by atoms with Crippen molar-refractivity contribution in [1.29, 1.82) is 0 Å². The third-order valence-electron chi connectivity index (χ3n) is 5.32. The summed E-state index contributed by atoms with van der Waals surface area (Å²) in [5.41, 5.74) is 2.98. The molecular weight excluding hydrogens is 246 g/mol. The average Bonchev–Trinajstić information content (AvgIpc) is 2.63. The molecule has 0 bridgehead atoms. The Labute approximate surface area is 122 Å². The molecule has 1 saturated carbocycles. The Kier molecular flexibility index (Phi) is 3.76. The maximum absolute atomic E-state index is 10.5. The number of hydrogen-bond acceptors (Lipinski definition) is 2. The van der Waals surface area contributed by atoms with Crippen LogP contribution in [0.25, 0.3) is 0 Å². The van der Waals surface area contributed by atoms with Gasteiger partial charge in [-0.1, -0.05) is 32.0 Å². The first kappa shape index (κ1) is 13.9. The van der Waals surface area contributed by atoms with Crippen molar-refractivity contribution < 1.29 is 5.11 Å². The van der Waals surface area contributed by atoms with Gasteiger partial charge in [-0.3, -0.25) is 0 Å². The molecule has 20 heavy (non-hydrogen) atoms. The molecular formula is C18H27NO. The third kappa shape index (κ3) is 2.58. The summed E-state index contributed by atoms with van der Waals surface area (Å²) in [4.78, 5) is 2.53. The van der Waals surface area contributed by atoms with Crippen LogP contribution in [-0.4, -0.2) is 24.3 Å². The highest BCUT2D eigenvalue weighted by Crippen LogP contribution is 2.42. The minimum absolute atomic E-state index is 0.0933. The van der Waals surface area contributed by atoms with Crippen molar-refractivity contribution in [3.63, 3.8) is 0 Å². The minimum atomic E-state index is -0.155. The first-order chi connectivity index (χ1) is 9.58. The number of benzene rings is 1. The summed E-state index contributed by atoms with van der Waals surface area (Å²) < 4.78 is 0. The van der Waals surface area contributed by atoms with Gasteiger partial charge < -0.3 is 10.0 Å². The Morgan fingerprint density at radius 1 is 1.25 bits per heavy atom. The maximum Gasteiger partial charge on any atom is 0.0636 e. The summed E-state index contributed by atoms with van der Waals surface area (Å²) in [6.07, 6.45) is 5.90. The molecule has 1 heterocycles. The summed E-state index contributed by atoms with van der Waals surface area (Å²) in [7, 11) is 0. The van der Waals surface area contributed by atoms with Gasteiger partial charge in [0.05, 0.1) is 6.10 Å². The molecule has 3 rings (SSSR count). The van der Waals surface area contributed by atoms with Crippen LogP contribution in [0.4, 0.5) is 5.69 Å². The van der Waals surface area contributed by atoms with Crippen molar-refractivity contribution in [2.75, 3.05) is 18.0 Å². The van der Waals surface area contributed by atoms with E-state index in [-0.39, 0.29) is 11.5 Å². The van der Waals surface area contributed by atoms with E-state index in [1.165, 1.54) is 30.5 Å². The summed E-state index contributed by atoms with van der Waals surface area (Å²) in [5, 5.41) is 10.5. The van der Waals surface area contributed by atoms with Crippen molar-refractivity contribution in [2.45, 2.75) is 52.1 Å². The largest absolute Gasteiger partial charge is 0.392 e. The average molecular weight is 273 g/mol. The monoisotopic (exact) mass is 273 g/mol. The smallest absolute Gasteiger partial charge is 0.0636 e. The lowest BCUT2D eigenvalue weighted by Crippen LogP contribution is -2.37. The van der Waals surface area contributed by atoms with E-state index in [1.807, 2.05) is 0 Å². The summed E-state index contributed by atoms with van der Waals surface area (Å²) >= 11 is 0. The summed E-state index contributed by atoms with van der Waals surface area (Å²) in [6.45, 7) is 6.56. The van der Waals surface area contributed by atoms with E-state index in [0.717, 1.165) is 25.9 Å². The molecule has 2 aliphatic rings. The summed E-state index contributed by atoms with van der Waals surface area (Å²) in [5.74, 6) is 0.427. The molecule has 0 spiro atoms. The Balaban J connectivity index is 1.78. The lowest BCUT2D eigenvalue weighted by atomic mass is 9.87. The van der Waals surface area contributed by atoms with E-state index in [2.05, 4.69) is 43.0 Å². The molecule has 0 amide bonds. The highest BCUT2D eigenvalue weighted by Gasteiger charge is 2.41. The van der Waals surface area contributed by atoms with Gasteiger partial charge in [0, 0.05) is 24.7 Å². The molecule has 1 fully saturated rings. The predicted molar refractivity (Wildman–Crippen MR) is 84.1 cm³/mol. The number of aliphatic hydroxyl groups excluding tert-OH is 1. The van der Waals surface area contributed by atoms with Crippen LogP contribution in [0.15, 0.2) is 24.3 Å². The molecule has 1 aromatic rings. The molecule has 1 aliphatic carbocycles. The zero-order valence-corrected chi connectivity index (χ0v) is 12.8. The highest BCUT2D eigenvalue weighted by molar-refractivity contribution is 5.54. The molecule has 1 aromatic carbocycles. The molecule has 0 radical (unpaired) electrons. The van der Waals surface area contributed by atoms with Gasteiger partial charge in [0.15, 0.2) is 0 Å². The number of aryl methyl sites for hydroxylation is 1. The Morgan fingerprint density at radius 2 is 2.05 bits per heavy atom. The standard InChI is InChI=1S/C18H27NO/c1-18(2)11-10-15(17(18)20)13-19-12-6-5-8-14-7-3-4-9-16(14)19/h3-4,7,9,15,17,20H,5-6,8,10-13H2,1-2H3. The van der Waals surface area contributed by atoms with Crippen molar-refractivity contribution >= 4 is 5.69 Å². The van der Waals surface area contributed by atoms with E-state index in [9.17, 15) is 5.11 Å². The van der Waals surface area contributed by atoms with Crippen LogP contribution in [-0.2, 0) is 6.42 Å². The van der Waals surface area contributed by atoms with Crippen molar-refractivity contribution in [3.8, 4) is 0 Å². The molecule has 2 nitrogen and oxygen atoms in total. The molecule has 2 heteroatoms. The number of fused-ring (bicyclic) bond motifs is 1. The molecule has 110 valence electrons. The molecule has 2 unspecified atom stereocenters. The van der Waals surface area contributed by atoms with Gasteiger partial charge in [-0.05, 0) is 49.1 Å². The van der Waals surface area contributed by atoms with E-state index in [1.54, 1.807) is 0 Å². The summed E-state index contributed by atoms with van der Waals surface area (Å²) in [6, 6.07) is 8.82. The van der Waals surface area contributed by atoms with Crippen LogP contribution in [0.3, 0.4) is 0 Å². The van der Waals surface area contributed by atoms with Crippen LogP contribution >= 0.6 is 0 Å². The van der Waals surface area contributed by atoms with Gasteiger partial charge in [-0.25, -0.2) is 0 Å². The second kappa shape index (κ2) is 5.40. The van der Waals surface area contributed by atoms with E-state index < -0.39 is 0 Å². The SMILES string of the molecule is CC1(C)CCC(CN2CCCCc3ccccc32)C1O. The van der Waals surface area contributed by atoms with Gasteiger partial charge >= 0.3 is 0 Å². The Hall–Kier alpha value is -1.02. The number of nitrogens with zero attached hydrogens (tertiary/aromatic N) is 1. The molecule has 0 aromatic heterocycles. The maximum atomic E-state index is 10.5. The number of hydrogen-bond donors (Lipinski definition) is 1. The van der Waals surface area contributed by atoms with Crippen molar-refractivity contribution in [1.82, 2.24) is 0 Å². The lowest BCUT2D eigenvalue weighted by molar-refractivity contribution is 0.0481. The fourth-order valence-electron chi connectivity index (χ4n) is 3.93. The Bertz CT molecular complexity index is 468. The molecule has 1 N–H and O–H groups in total. The number of anilines is 1. The van der Waals surface area contributed by atoms with Crippen LogP contribution in [0, 0.1) is 11.3 Å². The van der Waals surface area contributed by atoms with Gasteiger partial charge in [0.25, 0.3) is 0 Å². The van der Waals surface area contributed by atoms with E-state index in [0.29, 0.717) is 5.92 Å². The van der Waals surface area contributed by atoms with Crippen LogP contribution in [0.2, 0.25) is 0 Å². The predicted octanol–water partition coefficient (Wildman–Crippen LogP) is 3.63. The van der Waals surface area contributed by atoms with Crippen LogP contribution < -0.4 is 4.90 Å². The first-order valence-electron chi connectivity index (χ1n) is 8.09. The molecule has 0 saturated heterocycles. The first-order valence-corrected chi connectivity index (χ1v) is 8.09. The fraction of sp³-hybridized carbons (Fsp3) is 0.667. The van der Waals surface area contributed by atoms with Crippen LogP contribution in [0.5, 0.6) is 0 Å². The van der Waals surface area contributed by atoms with E-state index >= 15 is 0 Å². The number of para-hydroxylation sites is 1. The number of aliphatic hydroxyl groups is 1. The van der Waals surface area contributed by atoms with Gasteiger partial charge in [0.2, 0.25) is 0 Å². The zero-order valence-electron chi connectivity index (χ0n) is 12.8. The van der Waals surface area contributed by atoms with Crippen molar-refractivity contribution in [2.24, 2.45) is 11.3 Å². The van der Waals surface area contributed by atoms with Gasteiger partial charge in [0.1, 0.15) is 0 Å². The van der Waals surface area contributed by atoms with Gasteiger partial charge in [-0.15, -0.1) is 0 Å². The minimum Gasteiger partial charge on any atom is -0.392 e. The zero-order chi connectivity index (χ0) is 14.2. The highest BCUT2D eigenvalue weighted by atomic mass is 16.3. The molecule has 2 atom stereocenters. The second-order valence-electron chi connectivity index (χ2n) is 7.26. The number of rotatable bonds is 2. The third-order valence-corrected chi connectivity index (χ3v) is 5.32. The molecule has 1 aliphatic heterocycles. The Morgan fingerprint density at radius 3 is 2.80 bits per heavy atom. The second-order valence-corrected chi connectivity index (χ2v) is 7.26. The normalized spacial score (nSPS) is 29.1. The fourth-order valence-corrected chi connectivity index (χ4v) is 3.93. The van der Waals surface area contributed by atoms with Crippen molar-refractivity contribution in [3.05, 3.63) is 29.8 Å². The van der Waals surface area contributed by atoms with Crippen LogP contribution in [0.1, 0.15) is 45.1 Å².